The second-order valence-corrected chi connectivity index (χ2v) is 5.86. The number of methoxy groups -OCH3 is 1. The number of esters is 1. The molecule has 5 nitrogen and oxygen atoms in total. The van der Waals surface area contributed by atoms with E-state index in [0.717, 1.165) is 30.9 Å². The number of aromatic nitrogens is 2. The average molecular weight is 287 g/mol. The number of carbonyl (C=O) groups excluding carboxylic acids is 1. The van der Waals surface area contributed by atoms with Crippen LogP contribution in [0.15, 0.2) is 24.5 Å². The zero-order valence-electron chi connectivity index (χ0n) is 12.7. The fourth-order valence-corrected chi connectivity index (χ4v) is 3.09. The summed E-state index contributed by atoms with van der Waals surface area (Å²) in [6.45, 7) is 6.58. The molecule has 0 aliphatic carbocycles. The Hall–Kier alpha value is -1.88. The van der Waals surface area contributed by atoms with Gasteiger partial charge in [0.05, 0.1) is 24.4 Å². The molecule has 112 valence electrons. The molecular formula is C16H21N3O2. The standard InChI is InChI=1S/C16H21N3O2/c1-11(2)18-8-6-12(10-18)15-17-9-14-13(16(20)21-3)5-4-7-19(14)15/h4-5,7,9,11-12H,6,8,10H2,1-3H3. The monoisotopic (exact) mass is 287 g/mol. The molecule has 21 heavy (non-hydrogen) atoms. The van der Waals surface area contributed by atoms with Gasteiger partial charge in [-0.05, 0) is 38.9 Å². The second-order valence-electron chi connectivity index (χ2n) is 5.86. The Labute approximate surface area is 124 Å². The summed E-state index contributed by atoms with van der Waals surface area (Å²) in [6, 6.07) is 4.22. The summed E-state index contributed by atoms with van der Waals surface area (Å²) in [5.74, 6) is 1.14. The van der Waals surface area contributed by atoms with Gasteiger partial charge in [-0.1, -0.05) is 0 Å². The SMILES string of the molecule is COC(=O)c1cccn2c(C3CCN(C(C)C)C3)ncc12. The van der Waals surface area contributed by atoms with Gasteiger partial charge in [0.1, 0.15) is 5.82 Å². The number of rotatable bonds is 3. The molecule has 1 fully saturated rings. The van der Waals surface area contributed by atoms with Crippen molar-refractivity contribution in [1.82, 2.24) is 14.3 Å². The molecule has 0 N–H and O–H groups in total. The molecular weight excluding hydrogens is 266 g/mol. The van der Waals surface area contributed by atoms with Crippen LogP contribution in [0.25, 0.3) is 5.52 Å². The molecule has 1 aliphatic rings. The number of ether oxygens (including phenoxy) is 1. The Bertz CT molecular complexity index is 663. The second kappa shape index (κ2) is 5.48. The molecule has 2 aromatic rings. The molecule has 0 radical (unpaired) electrons. The van der Waals surface area contributed by atoms with Crippen molar-refractivity contribution in [2.75, 3.05) is 20.2 Å². The number of fused-ring (bicyclic) bond motifs is 1. The first kappa shape index (κ1) is 14.1. The minimum absolute atomic E-state index is 0.317. The molecule has 2 aromatic heterocycles. The third kappa shape index (κ3) is 2.42. The maximum absolute atomic E-state index is 11.8. The van der Waals surface area contributed by atoms with Crippen molar-refractivity contribution in [2.45, 2.75) is 32.2 Å². The third-order valence-electron chi connectivity index (χ3n) is 4.32. The molecule has 5 heteroatoms. The van der Waals surface area contributed by atoms with Crippen LogP contribution >= 0.6 is 0 Å². The van der Waals surface area contributed by atoms with Crippen LogP contribution in [-0.4, -0.2) is 46.5 Å². The third-order valence-corrected chi connectivity index (χ3v) is 4.32. The summed E-state index contributed by atoms with van der Waals surface area (Å²) >= 11 is 0. The molecule has 1 saturated heterocycles. The quantitative estimate of drug-likeness (QED) is 0.813. The van der Waals surface area contributed by atoms with E-state index in [4.69, 9.17) is 4.74 Å². The summed E-state index contributed by atoms with van der Waals surface area (Å²) < 4.78 is 6.87. The average Bonchev–Trinajstić information content (AvgIpc) is 3.12. The maximum Gasteiger partial charge on any atom is 0.340 e. The number of nitrogens with zero attached hydrogens (tertiary/aromatic N) is 3. The fourth-order valence-electron chi connectivity index (χ4n) is 3.09. The Kier molecular flexibility index (Phi) is 3.68. The van der Waals surface area contributed by atoms with Crippen molar-refractivity contribution in [3.8, 4) is 0 Å². The summed E-state index contributed by atoms with van der Waals surface area (Å²) in [4.78, 5) is 18.9. The van der Waals surface area contributed by atoms with Gasteiger partial charge in [-0.2, -0.15) is 0 Å². The highest BCUT2D eigenvalue weighted by Crippen LogP contribution is 2.28. The highest BCUT2D eigenvalue weighted by Gasteiger charge is 2.28. The van der Waals surface area contributed by atoms with E-state index in [1.54, 1.807) is 12.3 Å². The van der Waals surface area contributed by atoms with Crippen molar-refractivity contribution in [3.63, 3.8) is 0 Å². The largest absolute Gasteiger partial charge is 0.465 e. The van der Waals surface area contributed by atoms with Crippen LogP contribution in [0.1, 0.15) is 42.4 Å². The van der Waals surface area contributed by atoms with Crippen molar-refractivity contribution in [3.05, 3.63) is 35.9 Å². The Morgan fingerprint density at radius 2 is 2.29 bits per heavy atom. The van der Waals surface area contributed by atoms with Crippen LogP contribution < -0.4 is 0 Å². The maximum atomic E-state index is 11.8. The number of imidazole rings is 1. The van der Waals surface area contributed by atoms with E-state index >= 15 is 0 Å². The lowest BCUT2D eigenvalue weighted by Crippen LogP contribution is -2.28. The first-order chi connectivity index (χ1) is 10.1. The molecule has 0 spiro atoms. The van der Waals surface area contributed by atoms with E-state index in [0.29, 0.717) is 17.5 Å². The van der Waals surface area contributed by atoms with Crippen molar-refractivity contribution >= 4 is 11.5 Å². The highest BCUT2D eigenvalue weighted by atomic mass is 16.5. The topological polar surface area (TPSA) is 46.8 Å². The number of hydrogen-bond donors (Lipinski definition) is 0. The van der Waals surface area contributed by atoms with Gasteiger partial charge in [0.25, 0.3) is 0 Å². The minimum atomic E-state index is -0.317. The number of hydrogen-bond acceptors (Lipinski definition) is 4. The molecule has 0 bridgehead atoms. The van der Waals surface area contributed by atoms with Gasteiger partial charge in [0.15, 0.2) is 0 Å². The summed E-state index contributed by atoms with van der Waals surface area (Å²) in [5.41, 5.74) is 1.39. The zero-order valence-corrected chi connectivity index (χ0v) is 12.7. The normalized spacial score (nSPS) is 19.5. The van der Waals surface area contributed by atoms with Gasteiger partial charge in [-0.3, -0.25) is 0 Å². The predicted molar refractivity (Wildman–Crippen MR) is 80.6 cm³/mol. The predicted octanol–water partition coefficient (Wildman–Crippen LogP) is 2.32. The lowest BCUT2D eigenvalue weighted by Gasteiger charge is -2.19. The number of pyridine rings is 1. The summed E-state index contributed by atoms with van der Waals surface area (Å²) in [5, 5.41) is 0. The van der Waals surface area contributed by atoms with Crippen LogP contribution in [-0.2, 0) is 4.74 Å². The molecule has 1 atom stereocenters. The van der Waals surface area contributed by atoms with E-state index < -0.39 is 0 Å². The van der Waals surface area contributed by atoms with Gasteiger partial charge >= 0.3 is 5.97 Å². The van der Waals surface area contributed by atoms with Crippen LogP contribution in [0, 0.1) is 0 Å². The van der Waals surface area contributed by atoms with Crippen LogP contribution in [0.5, 0.6) is 0 Å². The Morgan fingerprint density at radius 1 is 1.48 bits per heavy atom. The molecule has 0 aromatic carbocycles. The van der Waals surface area contributed by atoms with Gasteiger partial charge in [0, 0.05) is 24.7 Å². The fraction of sp³-hybridized carbons (Fsp3) is 0.500. The lowest BCUT2D eigenvalue weighted by atomic mass is 10.1. The number of carbonyl (C=O) groups is 1. The van der Waals surface area contributed by atoms with Crippen LogP contribution in [0.4, 0.5) is 0 Å². The number of likely N-dealkylation sites (tertiary alicyclic amines) is 1. The van der Waals surface area contributed by atoms with Gasteiger partial charge in [-0.25, -0.2) is 9.78 Å². The molecule has 0 saturated carbocycles. The van der Waals surface area contributed by atoms with Crippen molar-refractivity contribution in [2.24, 2.45) is 0 Å². The lowest BCUT2D eigenvalue weighted by molar-refractivity contribution is 0.0602. The zero-order chi connectivity index (χ0) is 15.0. The highest BCUT2D eigenvalue weighted by molar-refractivity contribution is 5.96. The first-order valence-corrected chi connectivity index (χ1v) is 7.40. The van der Waals surface area contributed by atoms with E-state index in [-0.39, 0.29) is 5.97 Å². The van der Waals surface area contributed by atoms with Crippen LogP contribution in [0.3, 0.4) is 0 Å². The summed E-state index contributed by atoms with van der Waals surface area (Å²) in [7, 11) is 1.40. The van der Waals surface area contributed by atoms with Gasteiger partial charge in [-0.15, -0.1) is 0 Å². The Balaban J connectivity index is 1.96. The molecule has 1 aliphatic heterocycles. The van der Waals surface area contributed by atoms with Gasteiger partial charge in [0.2, 0.25) is 0 Å². The smallest absolute Gasteiger partial charge is 0.340 e. The minimum Gasteiger partial charge on any atom is -0.465 e. The van der Waals surface area contributed by atoms with E-state index in [1.807, 2.05) is 16.7 Å². The first-order valence-electron chi connectivity index (χ1n) is 7.40. The molecule has 3 rings (SSSR count). The molecule has 3 heterocycles. The van der Waals surface area contributed by atoms with Crippen molar-refractivity contribution < 1.29 is 9.53 Å². The van der Waals surface area contributed by atoms with Gasteiger partial charge < -0.3 is 14.0 Å². The Morgan fingerprint density at radius 3 is 2.95 bits per heavy atom. The molecule has 1 unspecified atom stereocenters. The van der Waals surface area contributed by atoms with Crippen molar-refractivity contribution in [1.29, 1.82) is 0 Å². The van der Waals surface area contributed by atoms with E-state index in [9.17, 15) is 4.79 Å². The van der Waals surface area contributed by atoms with Crippen LogP contribution in [0.2, 0.25) is 0 Å². The molecule has 0 amide bonds. The van der Waals surface area contributed by atoms with E-state index in [2.05, 4.69) is 23.7 Å². The van der Waals surface area contributed by atoms with E-state index in [1.165, 1.54) is 7.11 Å². The summed E-state index contributed by atoms with van der Waals surface area (Å²) in [6.07, 6.45) is 4.86.